The molecule has 0 atom stereocenters. The summed E-state index contributed by atoms with van der Waals surface area (Å²) in [5.41, 5.74) is -0.840. The summed E-state index contributed by atoms with van der Waals surface area (Å²) in [6.07, 6.45) is -3.03. The van der Waals surface area contributed by atoms with Crippen molar-refractivity contribution in [3.05, 3.63) is 48.2 Å². The lowest BCUT2D eigenvalue weighted by Gasteiger charge is -2.35. The first kappa shape index (κ1) is 21.9. The number of alkyl halides is 3. The first-order valence-corrected chi connectivity index (χ1v) is 10.5. The fourth-order valence-corrected chi connectivity index (χ4v) is 4.50. The molecular formula is C19H19F3N4O3S. The molecule has 0 aliphatic carbocycles. The maximum atomic E-state index is 13.2. The fraction of sp³-hybridized carbons (Fsp3) is 0.368. The minimum Gasteiger partial charge on any atom is -0.493 e. The third kappa shape index (κ3) is 4.83. The van der Waals surface area contributed by atoms with Crippen LogP contribution in [0.1, 0.15) is 12.0 Å². The summed E-state index contributed by atoms with van der Waals surface area (Å²) in [5.74, 6) is 0.254. The first-order chi connectivity index (χ1) is 14.2. The van der Waals surface area contributed by atoms with E-state index < -0.39 is 21.8 Å². The summed E-state index contributed by atoms with van der Waals surface area (Å²) in [7, 11) is -3.79. The van der Waals surface area contributed by atoms with Gasteiger partial charge in [0.15, 0.2) is 0 Å². The molecule has 0 bridgehead atoms. The number of sulfonamides is 1. The second-order valence-electron chi connectivity index (χ2n) is 6.49. The molecule has 0 radical (unpaired) electrons. The van der Waals surface area contributed by atoms with Gasteiger partial charge in [-0.3, -0.25) is 0 Å². The van der Waals surface area contributed by atoms with Gasteiger partial charge in [-0.2, -0.15) is 22.7 Å². The number of hydrogen-bond acceptors (Lipinski definition) is 6. The highest BCUT2D eigenvalue weighted by atomic mass is 32.2. The summed E-state index contributed by atoms with van der Waals surface area (Å²) in [6.45, 7) is 0.467. The molecule has 7 nitrogen and oxygen atoms in total. The van der Waals surface area contributed by atoms with E-state index >= 15 is 0 Å². The highest BCUT2D eigenvalue weighted by molar-refractivity contribution is 7.89. The normalized spacial score (nSPS) is 15.6. The van der Waals surface area contributed by atoms with Crippen LogP contribution in [0.5, 0.6) is 5.75 Å². The van der Waals surface area contributed by atoms with E-state index in [1.165, 1.54) is 45.7 Å². The van der Waals surface area contributed by atoms with Gasteiger partial charge in [0, 0.05) is 32.4 Å². The number of anilines is 1. The lowest BCUT2D eigenvalue weighted by atomic mass is 10.2. The molecule has 0 saturated carbocycles. The quantitative estimate of drug-likeness (QED) is 0.642. The first-order valence-electron chi connectivity index (χ1n) is 9.10. The number of rotatable bonds is 6. The Labute approximate surface area is 172 Å². The molecule has 1 fully saturated rings. The minimum absolute atomic E-state index is 0.0383. The summed E-state index contributed by atoms with van der Waals surface area (Å²) in [5, 5.41) is 8.51. The molecule has 0 N–H and O–H groups in total. The van der Waals surface area contributed by atoms with Crippen molar-refractivity contribution in [3.8, 4) is 11.8 Å². The van der Waals surface area contributed by atoms with Crippen molar-refractivity contribution in [2.45, 2.75) is 17.5 Å². The van der Waals surface area contributed by atoms with Crippen molar-refractivity contribution in [1.29, 1.82) is 5.26 Å². The number of benzene rings is 1. The van der Waals surface area contributed by atoms with E-state index in [4.69, 9.17) is 10.00 Å². The van der Waals surface area contributed by atoms with Gasteiger partial charge in [0.05, 0.1) is 22.9 Å². The third-order valence-electron chi connectivity index (χ3n) is 4.57. The van der Waals surface area contributed by atoms with Gasteiger partial charge in [0.2, 0.25) is 10.0 Å². The van der Waals surface area contributed by atoms with Gasteiger partial charge >= 0.3 is 6.18 Å². The van der Waals surface area contributed by atoms with E-state index in [2.05, 4.69) is 4.98 Å². The van der Waals surface area contributed by atoms with Crippen LogP contribution in [0.25, 0.3) is 0 Å². The molecule has 0 amide bonds. The van der Waals surface area contributed by atoms with Crippen molar-refractivity contribution in [3.63, 3.8) is 0 Å². The maximum Gasteiger partial charge on any atom is 0.419 e. The van der Waals surface area contributed by atoms with Crippen molar-refractivity contribution in [1.82, 2.24) is 9.29 Å². The molecule has 2 aromatic rings. The predicted molar refractivity (Wildman–Crippen MR) is 102 cm³/mol. The van der Waals surface area contributed by atoms with Crippen LogP contribution in [0.2, 0.25) is 0 Å². The summed E-state index contributed by atoms with van der Waals surface area (Å²) < 4.78 is 71.9. The summed E-state index contributed by atoms with van der Waals surface area (Å²) in [6, 6.07) is 9.95. The summed E-state index contributed by atoms with van der Waals surface area (Å²) in [4.78, 5) is 5.37. The largest absolute Gasteiger partial charge is 0.493 e. The number of ether oxygens (including phenoxy) is 1. The molecule has 2 heterocycles. The van der Waals surface area contributed by atoms with Crippen molar-refractivity contribution in [2.24, 2.45) is 0 Å². The second kappa shape index (κ2) is 8.89. The Hall–Kier alpha value is -2.84. The molecule has 0 spiro atoms. The van der Waals surface area contributed by atoms with Gasteiger partial charge in [-0.1, -0.05) is 0 Å². The van der Waals surface area contributed by atoms with Crippen LogP contribution in [0.3, 0.4) is 0 Å². The molecule has 1 aliphatic heterocycles. The Bertz CT molecular complexity index is 1010. The molecule has 160 valence electrons. The van der Waals surface area contributed by atoms with Crippen molar-refractivity contribution < 1.29 is 26.3 Å². The Morgan fingerprint density at radius 2 is 1.77 bits per heavy atom. The van der Waals surface area contributed by atoms with Gasteiger partial charge in [-0.05, 0) is 36.4 Å². The van der Waals surface area contributed by atoms with Gasteiger partial charge in [-0.15, -0.1) is 0 Å². The van der Waals surface area contributed by atoms with Crippen LogP contribution in [-0.2, 0) is 16.2 Å². The van der Waals surface area contributed by atoms with Crippen molar-refractivity contribution in [2.75, 3.05) is 37.7 Å². The average molecular weight is 440 g/mol. The smallest absolute Gasteiger partial charge is 0.419 e. The second-order valence-corrected chi connectivity index (χ2v) is 8.43. The standard InChI is InChI=1S/C19H19F3N4O3S/c20-19(21,22)17-3-1-9-24-18(17)25-10-12-26(13-11-25)30(27,28)16-6-4-15(5-7-16)29-14-2-8-23/h1,3-7,9H,2,10-14H2. The van der Waals surface area contributed by atoms with Crippen LogP contribution in [0.15, 0.2) is 47.5 Å². The minimum atomic E-state index is -4.54. The van der Waals surface area contributed by atoms with Crippen LogP contribution in [0, 0.1) is 11.3 Å². The number of piperazine rings is 1. The van der Waals surface area contributed by atoms with Gasteiger partial charge < -0.3 is 9.64 Å². The number of hydrogen-bond donors (Lipinski definition) is 0. The van der Waals surface area contributed by atoms with E-state index in [0.29, 0.717) is 5.75 Å². The third-order valence-corrected chi connectivity index (χ3v) is 6.49. The van der Waals surface area contributed by atoms with Crippen molar-refractivity contribution >= 4 is 15.8 Å². The lowest BCUT2D eigenvalue weighted by Crippen LogP contribution is -2.49. The SMILES string of the molecule is N#CCCOc1ccc(S(=O)(=O)N2CCN(c3ncccc3C(F)(F)F)CC2)cc1. The van der Waals surface area contributed by atoms with E-state index in [1.54, 1.807) is 0 Å². The Kier molecular flexibility index (Phi) is 6.48. The highest BCUT2D eigenvalue weighted by Crippen LogP contribution is 2.35. The number of pyridine rings is 1. The molecule has 3 rings (SSSR count). The zero-order chi connectivity index (χ0) is 21.8. The highest BCUT2D eigenvalue weighted by Gasteiger charge is 2.37. The molecule has 11 heteroatoms. The maximum absolute atomic E-state index is 13.2. The number of nitrogens with zero attached hydrogens (tertiary/aromatic N) is 4. The lowest BCUT2D eigenvalue weighted by molar-refractivity contribution is -0.137. The zero-order valence-corrected chi connectivity index (χ0v) is 16.7. The summed E-state index contributed by atoms with van der Waals surface area (Å²) >= 11 is 0. The number of nitriles is 1. The topological polar surface area (TPSA) is 86.5 Å². The molecular weight excluding hydrogens is 421 g/mol. The molecule has 1 aromatic heterocycles. The Morgan fingerprint density at radius 3 is 2.37 bits per heavy atom. The van der Waals surface area contributed by atoms with E-state index in [1.807, 2.05) is 6.07 Å². The van der Waals surface area contributed by atoms with Crippen LogP contribution < -0.4 is 9.64 Å². The molecule has 0 unspecified atom stereocenters. The van der Waals surface area contributed by atoms with Gasteiger partial charge in [0.1, 0.15) is 18.2 Å². The number of halogens is 3. The fourth-order valence-electron chi connectivity index (χ4n) is 3.08. The van der Waals surface area contributed by atoms with E-state index in [-0.39, 0.29) is 49.9 Å². The molecule has 30 heavy (non-hydrogen) atoms. The van der Waals surface area contributed by atoms with Gasteiger partial charge in [-0.25, -0.2) is 13.4 Å². The Morgan fingerprint density at radius 1 is 1.10 bits per heavy atom. The predicted octanol–water partition coefficient (Wildman–Crippen LogP) is 2.90. The van der Waals surface area contributed by atoms with Crippen LogP contribution >= 0.6 is 0 Å². The zero-order valence-electron chi connectivity index (χ0n) is 15.8. The molecule has 1 aliphatic rings. The average Bonchev–Trinajstić information content (AvgIpc) is 2.74. The van der Waals surface area contributed by atoms with Gasteiger partial charge in [0.25, 0.3) is 0 Å². The Balaban J connectivity index is 1.68. The van der Waals surface area contributed by atoms with Crippen LogP contribution in [0.4, 0.5) is 19.0 Å². The monoisotopic (exact) mass is 440 g/mol. The molecule has 1 saturated heterocycles. The number of aromatic nitrogens is 1. The van der Waals surface area contributed by atoms with Crippen LogP contribution in [-0.4, -0.2) is 50.5 Å². The van der Waals surface area contributed by atoms with E-state index in [9.17, 15) is 21.6 Å². The molecule has 1 aromatic carbocycles. The van der Waals surface area contributed by atoms with E-state index in [0.717, 1.165) is 6.07 Å².